The number of aryl methyl sites for hydroxylation is 1. The lowest BCUT2D eigenvalue weighted by Crippen LogP contribution is -2.21. The molecule has 4 nitrogen and oxygen atoms in total. The smallest absolute Gasteiger partial charge is 0.435 e. The zero-order chi connectivity index (χ0) is 16.3. The minimum Gasteiger partial charge on any atom is -0.451 e. The summed E-state index contributed by atoms with van der Waals surface area (Å²) in [5.74, 6) is 0. The summed E-state index contributed by atoms with van der Waals surface area (Å²) >= 11 is 0. The van der Waals surface area contributed by atoms with Gasteiger partial charge in [0.2, 0.25) is 0 Å². The second-order valence-corrected chi connectivity index (χ2v) is 4.56. The molecule has 0 aliphatic rings. The average Bonchev–Trinajstić information content (AvgIpc) is 2.48. The SMILES string of the molecule is COC(=O)N=c1ccc(C)cn1-c1cccc(C(F)(F)F)c1. The van der Waals surface area contributed by atoms with Gasteiger partial charge in [-0.2, -0.15) is 18.2 Å². The lowest BCUT2D eigenvalue weighted by atomic mass is 10.2. The van der Waals surface area contributed by atoms with Crippen molar-refractivity contribution in [3.05, 3.63) is 59.2 Å². The van der Waals surface area contributed by atoms with E-state index >= 15 is 0 Å². The highest BCUT2D eigenvalue weighted by molar-refractivity contribution is 5.67. The molecule has 2 rings (SSSR count). The Morgan fingerprint density at radius 2 is 1.95 bits per heavy atom. The van der Waals surface area contributed by atoms with E-state index in [0.29, 0.717) is 0 Å². The monoisotopic (exact) mass is 310 g/mol. The molecular formula is C15H13F3N2O2. The Balaban J connectivity index is 2.64. The molecule has 0 aliphatic carbocycles. The number of aromatic nitrogens is 1. The Hall–Kier alpha value is -2.57. The number of hydrogen-bond donors (Lipinski definition) is 0. The molecule has 1 heterocycles. The van der Waals surface area contributed by atoms with Crippen molar-refractivity contribution in [2.24, 2.45) is 4.99 Å². The van der Waals surface area contributed by atoms with Gasteiger partial charge in [-0.1, -0.05) is 12.1 Å². The second-order valence-electron chi connectivity index (χ2n) is 4.56. The summed E-state index contributed by atoms with van der Waals surface area (Å²) < 4.78 is 44.3. The predicted octanol–water partition coefficient (Wildman–Crippen LogP) is 3.47. The van der Waals surface area contributed by atoms with Crippen LogP contribution < -0.4 is 5.49 Å². The number of benzene rings is 1. The topological polar surface area (TPSA) is 43.6 Å². The average molecular weight is 310 g/mol. The Morgan fingerprint density at radius 1 is 1.23 bits per heavy atom. The van der Waals surface area contributed by atoms with Gasteiger partial charge in [0.1, 0.15) is 5.49 Å². The van der Waals surface area contributed by atoms with Crippen molar-refractivity contribution in [3.8, 4) is 5.69 Å². The van der Waals surface area contributed by atoms with E-state index in [9.17, 15) is 18.0 Å². The number of alkyl halides is 3. The predicted molar refractivity (Wildman–Crippen MR) is 73.5 cm³/mol. The van der Waals surface area contributed by atoms with Crippen molar-refractivity contribution in [1.29, 1.82) is 0 Å². The lowest BCUT2D eigenvalue weighted by molar-refractivity contribution is -0.137. The van der Waals surface area contributed by atoms with Crippen LogP contribution in [0.3, 0.4) is 0 Å². The fourth-order valence-electron chi connectivity index (χ4n) is 1.87. The maximum Gasteiger partial charge on any atom is 0.435 e. The third-order valence-corrected chi connectivity index (χ3v) is 2.91. The van der Waals surface area contributed by atoms with Crippen LogP contribution in [0.1, 0.15) is 11.1 Å². The Bertz CT molecular complexity index is 764. The van der Waals surface area contributed by atoms with Crippen LogP contribution in [0, 0.1) is 6.92 Å². The molecule has 0 aliphatic heterocycles. The van der Waals surface area contributed by atoms with Gasteiger partial charge >= 0.3 is 12.3 Å². The standard InChI is InChI=1S/C15H13F3N2O2/c1-10-6-7-13(19-14(21)22-2)20(9-10)12-5-3-4-11(8-12)15(16,17)18/h3-9H,1-2H3. The van der Waals surface area contributed by atoms with Gasteiger partial charge in [-0.15, -0.1) is 0 Å². The zero-order valence-corrected chi connectivity index (χ0v) is 11.9. The Kier molecular flexibility index (Phi) is 4.35. The van der Waals surface area contributed by atoms with Crippen LogP contribution >= 0.6 is 0 Å². The van der Waals surface area contributed by atoms with E-state index in [-0.39, 0.29) is 11.2 Å². The fourth-order valence-corrected chi connectivity index (χ4v) is 1.87. The molecule has 0 atom stereocenters. The van der Waals surface area contributed by atoms with Crippen LogP contribution in [0.15, 0.2) is 47.6 Å². The number of hydrogen-bond acceptors (Lipinski definition) is 2. The summed E-state index contributed by atoms with van der Waals surface area (Å²) in [6.45, 7) is 1.78. The minimum atomic E-state index is -4.44. The Morgan fingerprint density at radius 3 is 2.59 bits per heavy atom. The Labute approximate surface area is 124 Å². The third-order valence-electron chi connectivity index (χ3n) is 2.91. The van der Waals surface area contributed by atoms with Gasteiger partial charge in [0, 0.05) is 11.9 Å². The molecule has 2 aromatic rings. The van der Waals surface area contributed by atoms with E-state index in [0.717, 1.165) is 17.7 Å². The minimum absolute atomic E-state index is 0.178. The summed E-state index contributed by atoms with van der Waals surface area (Å²) in [6, 6.07) is 8.02. The van der Waals surface area contributed by atoms with Crippen LogP contribution in [0.4, 0.5) is 18.0 Å². The van der Waals surface area contributed by atoms with E-state index in [4.69, 9.17) is 0 Å². The molecule has 0 saturated heterocycles. The van der Waals surface area contributed by atoms with Crippen molar-refractivity contribution in [1.82, 2.24) is 4.57 Å². The number of nitrogens with zero attached hydrogens (tertiary/aromatic N) is 2. The van der Waals surface area contributed by atoms with Gasteiger partial charge in [0.25, 0.3) is 0 Å². The number of rotatable bonds is 1. The molecular weight excluding hydrogens is 297 g/mol. The van der Waals surface area contributed by atoms with Crippen molar-refractivity contribution < 1.29 is 22.7 Å². The van der Waals surface area contributed by atoms with Crippen LogP contribution in [0.2, 0.25) is 0 Å². The number of ether oxygens (including phenoxy) is 1. The van der Waals surface area contributed by atoms with Gasteiger partial charge < -0.3 is 9.30 Å². The van der Waals surface area contributed by atoms with E-state index in [1.165, 1.54) is 29.9 Å². The summed E-state index contributed by atoms with van der Waals surface area (Å²) in [6.07, 6.45) is -3.68. The first-order valence-corrected chi connectivity index (χ1v) is 6.31. The molecule has 0 saturated carbocycles. The summed E-state index contributed by atoms with van der Waals surface area (Å²) in [5, 5.41) is 0. The molecule has 0 unspecified atom stereocenters. The molecule has 116 valence electrons. The highest BCUT2D eigenvalue weighted by atomic mass is 19.4. The molecule has 22 heavy (non-hydrogen) atoms. The van der Waals surface area contributed by atoms with Crippen molar-refractivity contribution in [2.75, 3.05) is 7.11 Å². The maximum absolute atomic E-state index is 12.8. The highest BCUT2D eigenvalue weighted by Gasteiger charge is 2.30. The van der Waals surface area contributed by atoms with E-state index in [1.54, 1.807) is 19.2 Å². The zero-order valence-electron chi connectivity index (χ0n) is 11.9. The van der Waals surface area contributed by atoms with Crippen molar-refractivity contribution in [2.45, 2.75) is 13.1 Å². The first kappa shape index (κ1) is 15.8. The first-order chi connectivity index (χ1) is 10.3. The summed E-state index contributed by atoms with van der Waals surface area (Å²) in [7, 11) is 1.18. The quantitative estimate of drug-likeness (QED) is 0.809. The molecule has 1 aromatic heterocycles. The highest BCUT2D eigenvalue weighted by Crippen LogP contribution is 2.30. The third kappa shape index (κ3) is 3.55. The number of carbonyl (C=O) groups is 1. The number of amides is 1. The lowest BCUT2D eigenvalue weighted by Gasteiger charge is -2.12. The molecule has 0 N–H and O–H groups in total. The van der Waals surface area contributed by atoms with Crippen molar-refractivity contribution >= 4 is 6.09 Å². The summed E-state index contributed by atoms with van der Waals surface area (Å²) in [4.78, 5) is 15.0. The van der Waals surface area contributed by atoms with Crippen LogP contribution in [-0.4, -0.2) is 17.8 Å². The van der Waals surface area contributed by atoms with E-state index in [2.05, 4.69) is 9.73 Å². The molecule has 0 radical (unpaired) electrons. The number of pyridine rings is 1. The summed E-state index contributed by atoms with van der Waals surface area (Å²) in [5.41, 5.74) is 0.460. The van der Waals surface area contributed by atoms with Gasteiger partial charge in [-0.25, -0.2) is 4.79 Å². The van der Waals surface area contributed by atoms with Crippen molar-refractivity contribution in [3.63, 3.8) is 0 Å². The molecule has 0 spiro atoms. The van der Waals surface area contributed by atoms with Crippen LogP contribution in [-0.2, 0) is 10.9 Å². The van der Waals surface area contributed by atoms with Gasteiger partial charge in [0.15, 0.2) is 0 Å². The van der Waals surface area contributed by atoms with E-state index in [1.807, 2.05) is 0 Å². The number of halogens is 3. The second kappa shape index (κ2) is 6.05. The first-order valence-electron chi connectivity index (χ1n) is 6.31. The molecule has 1 aromatic carbocycles. The fraction of sp³-hybridized carbons (Fsp3) is 0.200. The van der Waals surface area contributed by atoms with E-state index < -0.39 is 17.8 Å². The largest absolute Gasteiger partial charge is 0.451 e. The van der Waals surface area contributed by atoms with Gasteiger partial charge in [-0.3, -0.25) is 0 Å². The number of methoxy groups -OCH3 is 1. The molecule has 7 heteroatoms. The van der Waals surface area contributed by atoms with Gasteiger partial charge in [0.05, 0.1) is 12.7 Å². The van der Waals surface area contributed by atoms with Crippen LogP contribution in [0.25, 0.3) is 5.69 Å². The molecule has 0 fully saturated rings. The molecule has 1 amide bonds. The van der Waals surface area contributed by atoms with Gasteiger partial charge in [-0.05, 0) is 36.8 Å². The molecule has 0 bridgehead atoms. The van der Waals surface area contributed by atoms with Crippen LogP contribution in [0.5, 0.6) is 0 Å². The number of carbonyl (C=O) groups excluding carboxylic acids is 1. The maximum atomic E-state index is 12.8. The normalized spacial score (nSPS) is 12.3.